The second-order valence-corrected chi connectivity index (χ2v) is 4.83. The highest BCUT2D eigenvalue weighted by molar-refractivity contribution is 6.09. The molecule has 0 bridgehead atoms. The minimum atomic E-state index is -0.634. The number of Topliss-reactive ketones (excluding diaryl/α,β-unsaturated/α-hetero) is 1. The average molecular weight is 237 g/mol. The molecule has 0 N–H and O–H groups in total. The third-order valence-corrected chi connectivity index (χ3v) is 3.80. The van der Waals surface area contributed by atoms with Crippen LogP contribution in [-0.4, -0.2) is 16.4 Å². The van der Waals surface area contributed by atoms with Gasteiger partial charge in [-0.1, -0.05) is 24.3 Å². The van der Waals surface area contributed by atoms with E-state index >= 15 is 0 Å². The number of epoxide rings is 1. The van der Waals surface area contributed by atoms with Crippen molar-refractivity contribution in [3.05, 3.63) is 65.5 Å². The molecule has 0 radical (unpaired) electrons. The Hall–Kier alpha value is -2.00. The minimum Gasteiger partial charge on any atom is -0.352 e. The molecular formula is C15H11NO2. The molecule has 1 fully saturated rings. The number of ether oxygens (including phenoxy) is 1. The maximum atomic E-state index is 12.4. The van der Waals surface area contributed by atoms with Gasteiger partial charge >= 0.3 is 0 Å². The standard InChI is InChI=1S/C15H11NO2/c17-13-12-4-2-1-3-11(12)9-15(13)14(18-15)10-5-7-16-8-6-10/h1-8,14H,9H2. The highest BCUT2D eigenvalue weighted by Crippen LogP contribution is 2.56. The summed E-state index contributed by atoms with van der Waals surface area (Å²) in [6.07, 6.45) is 4.05. The summed E-state index contributed by atoms with van der Waals surface area (Å²) in [5, 5.41) is 0. The first-order valence-electron chi connectivity index (χ1n) is 6.02. The van der Waals surface area contributed by atoms with Gasteiger partial charge in [0.2, 0.25) is 0 Å². The summed E-state index contributed by atoms with van der Waals surface area (Å²) in [6.45, 7) is 0. The van der Waals surface area contributed by atoms with Crippen LogP contribution in [0.25, 0.3) is 0 Å². The van der Waals surface area contributed by atoms with Crippen molar-refractivity contribution in [2.45, 2.75) is 18.1 Å². The van der Waals surface area contributed by atoms with Crippen LogP contribution in [-0.2, 0) is 11.2 Å². The molecule has 1 spiro atoms. The number of hydrogen-bond acceptors (Lipinski definition) is 3. The van der Waals surface area contributed by atoms with Crippen molar-refractivity contribution in [2.24, 2.45) is 0 Å². The van der Waals surface area contributed by atoms with Gasteiger partial charge in [-0.05, 0) is 23.3 Å². The second-order valence-electron chi connectivity index (χ2n) is 4.83. The molecule has 3 nitrogen and oxygen atoms in total. The highest BCUT2D eigenvalue weighted by Gasteiger charge is 2.65. The topological polar surface area (TPSA) is 42.5 Å². The SMILES string of the molecule is O=C1c2ccccc2CC12OC2c1ccncc1. The zero-order valence-electron chi connectivity index (χ0n) is 9.67. The number of rotatable bonds is 1. The lowest BCUT2D eigenvalue weighted by Gasteiger charge is -2.00. The summed E-state index contributed by atoms with van der Waals surface area (Å²) < 4.78 is 5.77. The first kappa shape index (κ1) is 9.97. The molecule has 18 heavy (non-hydrogen) atoms. The van der Waals surface area contributed by atoms with E-state index in [1.807, 2.05) is 36.4 Å². The zero-order valence-corrected chi connectivity index (χ0v) is 9.67. The number of benzene rings is 1. The molecule has 1 aliphatic carbocycles. The van der Waals surface area contributed by atoms with Crippen molar-refractivity contribution >= 4 is 5.78 Å². The molecule has 3 heteroatoms. The Morgan fingerprint density at radius 2 is 1.94 bits per heavy atom. The largest absolute Gasteiger partial charge is 0.352 e. The molecule has 2 atom stereocenters. The van der Waals surface area contributed by atoms with Crippen molar-refractivity contribution < 1.29 is 9.53 Å². The number of hydrogen-bond donors (Lipinski definition) is 0. The number of ketones is 1. The average Bonchev–Trinajstić information content (AvgIpc) is 3.08. The Balaban J connectivity index is 1.73. The van der Waals surface area contributed by atoms with Gasteiger partial charge in [-0.15, -0.1) is 0 Å². The Bertz CT molecular complexity index is 638. The number of carbonyl (C=O) groups excluding carboxylic acids is 1. The molecule has 2 aliphatic rings. The minimum absolute atomic E-state index is 0.111. The molecular weight excluding hydrogens is 226 g/mol. The Morgan fingerprint density at radius 1 is 1.17 bits per heavy atom. The molecule has 1 aromatic heterocycles. The van der Waals surface area contributed by atoms with Gasteiger partial charge in [0.1, 0.15) is 6.10 Å². The molecule has 2 unspecified atom stereocenters. The third-order valence-electron chi connectivity index (χ3n) is 3.80. The fraction of sp³-hybridized carbons (Fsp3) is 0.200. The van der Waals surface area contributed by atoms with Crippen LogP contribution in [0.3, 0.4) is 0 Å². The van der Waals surface area contributed by atoms with Gasteiger partial charge in [-0.3, -0.25) is 9.78 Å². The van der Waals surface area contributed by atoms with Crippen LogP contribution in [0.4, 0.5) is 0 Å². The van der Waals surface area contributed by atoms with Crippen molar-refractivity contribution in [1.29, 1.82) is 0 Å². The predicted molar refractivity (Wildman–Crippen MR) is 65.3 cm³/mol. The number of aromatic nitrogens is 1. The smallest absolute Gasteiger partial charge is 0.198 e. The summed E-state index contributed by atoms with van der Waals surface area (Å²) in [5.74, 6) is 0.125. The summed E-state index contributed by atoms with van der Waals surface area (Å²) in [7, 11) is 0. The number of nitrogens with zero attached hydrogens (tertiary/aromatic N) is 1. The fourth-order valence-electron chi connectivity index (χ4n) is 2.85. The van der Waals surface area contributed by atoms with Crippen LogP contribution in [0.1, 0.15) is 27.6 Å². The number of pyridine rings is 1. The van der Waals surface area contributed by atoms with Gasteiger partial charge in [0.05, 0.1) is 0 Å². The van der Waals surface area contributed by atoms with Crippen LogP contribution < -0.4 is 0 Å². The molecule has 88 valence electrons. The predicted octanol–water partition coefficient (Wildman–Crippen LogP) is 2.33. The van der Waals surface area contributed by atoms with Crippen molar-refractivity contribution in [3.8, 4) is 0 Å². The zero-order chi connectivity index (χ0) is 12.2. The van der Waals surface area contributed by atoms with E-state index in [9.17, 15) is 4.79 Å². The molecule has 1 aliphatic heterocycles. The van der Waals surface area contributed by atoms with Crippen LogP contribution in [0.5, 0.6) is 0 Å². The molecule has 1 aromatic carbocycles. The van der Waals surface area contributed by atoms with Crippen molar-refractivity contribution in [1.82, 2.24) is 4.98 Å². The molecule has 0 saturated carbocycles. The van der Waals surface area contributed by atoms with Crippen LogP contribution in [0.15, 0.2) is 48.8 Å². The van der Waals surface area contributed by atoms with Gasteiger partial charge in [0, 0.05) is 24.4 Å². The third kappa shape index (κ3) is 1.17. The maximum Gasteiger partial charge on any atom is 0.198 e. The van der Waals surface area contributed by atoms with Gasteiger partial charge in [0.25, 0.3) is 0 Å². The van der Waals surface area contributed by atoms with Crippen molar-refractivity contribution in [3.63, 3.8) is 0 Å². The number of carbonyl (C=O) groups is 1. The monoisotopic (exact) mass is 237 g/mol. The van der Waals surface area contributed by atoms with Gasteiger partial charge in [0.15, 0.2) is 11.4 Å². The fourth-order valence-corrected chi connectivity index (χ4v) is 2.85. The highest BCUT2D eigenvalue weighted by atomic mass is 16.6. The van der Waals surface area contributed by atoms with Crippen molar-refractivity contribution in [2.75, 3.05) is 0 Å². The normalized spacial score (nSPS) is 28.4. The van der Waals surface area contributed by atoms with Gasteiger partial charge in [-0.2, -0.15) is 0 Å². The van der Waals surface area contributed by atoms with Gasteiger partial charge < -0.3 is 4.74 Å². The second kappa shape index (κ2) is 3.27. The van der Waals surface area contributed by atoms with Gasteiger partial charge in [-0.25, -0.2) is 0 Å². The lowest BCUT2D eigenvalue weighted by Crippen LogP contribution is -2.20. The lowest BCUT2D eigenvalue weighted by molar-refractivity contribution is 0.0894. The number of fused-ring (bicyclic) bond motifs is 1. The van der Waals surface area contributed by atoms with E-state index in [1.54, 1.807) is 12.4 Å². The van der Waals surface area contributed by atoms with Crippen LogP contribution >= 0.6 is 0 Å². The summed E-state index contributed by atoms with van der Waals surface area (Å²) in [4.78, 5) is 16.4. The van der Waals surface area contributed by atoms with E-state index in [2.05, 4.69) is 4.98 Å². The van der Waals surface area contributed by atoms with E-state index in [0.29, 0.717) is 6.42 Å². The first-order valence-corrected chi connectivity index (χ1v) is 6.02. The molecule has 1 saturated heterocycles. The Kier molecular flexibility index (Phi) is 1.81. The first-order chi connectivity index (χ1) is 8.81. The lowest BCUT2D eigenvalue weighted by atomic mass is 9.96. The quantitative estimate of drug-likeness (QED) is 0.715. The van der Waals surface area contributed by atoms with E-state index in [4.69, 9.17) is 4.74 Å². The van der Waals surface area contributed by atoms with E-state index in [1.165, 1.54) is 0 Å². The Labute approximate surface area is 104 Å². The molecule has 2 aromatic rings. The van der Waals surface area contributed by atoms with E-state index in [0.717, 1.165) is 16.7 Å². The molecule has 4 rings (SSSR count). The van der Waals surface area contributed by atoms with Crippen LogP contribution in [0.2, 0.25) is 0 Å². The summed E-state index contributed by atoms with van der Waals surface area (Å²) in [5.41, 5.74) is 2.31. The van der Waals surface area contributed by atoms with E-state index < -0.39 is 5.60 Å². The Morgan fingerprint density at radius 3 is 2.72 bits per heavy atom. The summed E-state index contributed by atoms with van der Waals surface area (Å²) in [6, 6.07) is 11.6. The molecule has 2 heterocycles. The van der Waals surface area contributed by atoms with Crippen LogP contribution in [0, 0.1) is 0 Å². The molecule has 0 amide bonds. The maximum absolute atomic E-state index is 12.4. The van der Waals surface area contributed by atoms with E-state index in [-0.39, 0.29) is 11.9 Å². The summed E-state index contributed by atoms with van der Waals surface area (Å²) >= 11 is 0.